The molecule has 11 heteroatoms. The minimum atomic E-state index is -3.48. The number of carbonyl (C=O) groups is 1. The molecule has 2 heterocycles. The molecule has 39 heavy (non-hydrogen) atoms. The zero-order valence-electron chi connectivity index (χ0n) is 21.8. The highest BCUT2D eigenvalue weighted by Gasteiger charge is 2.36. The highest BCUT2D eigenvalue weighted by Crippen LogP contribution is 2.39. The molecule has 0 saturated heterocycles. The van der Waals surface area contributed by atoms with Crippen LogP contribution in [0.25, 0.3) is 0 Å². The van der Waals surface area contributed by atoms with Crippen molar-refractivity contribution in [2.75, 3.05) is 56.3 Å². The van der Waals surface area contributed by atoms with Crippen LogP contribution in [0.4, 0.5) is 17.1 Å². The molecule has 2 aliphatic rings. The van der Waals surface area contributed by atoms with Crippen molar-refractivity contribution in [3.05, 3.63) is 76.8 Å². The van der Waals surface area contributed by atoms with Crippen molar-refractivity contribution in [2.24, 2.45) is 4.99 Å². The number of aliphatic imine (C=N–C) groups is 1. The highest BCUT2D eigenvalue weighted by atomic mass is 35.5. The van der Waals surface area contributed by atoms with Crippen molar-refractivity contribution in [2.45, 2.75) is 5.92 Å². The van der Waals surface area contributed by atoms with Crippen LogP contribution in [0.5, 0.6) is 11.5 Å². The van der Waals surface area contributed by atoms with E-state index in [0.29, 0.717) is 71.2 Å². The van der Waals surface area contributed by atoms with Gasteiger partial charge in [-0.25, -0.2) is 8.42 Å². The second-order valence-electron chi connectivity index (χ2n) is 9.66. The molecule has 3 aromatic rings. The topological polar surface area (TPSA) is 101 Å². The van der Waals surface area contributed by atoms with E-state index in [-0.39, 0.29) is 5.91 Å². The van der Waals surface area contributed by atoms with Gasteiger partial charge in [-0.05, 0) is 74.3 Å². The third-order valence-electron chi connectivity index (χ3n) is 6.50. The average Bonchev–Trinajstić information content (AvgIpc) is 3.21. The Morgan fingerprint density at radius 2 is 1.72 bits per heavy atom. The van der Waals surface area contributed by atoms with Gasteiger partial charge in [0.2, 0.25) is 15.9 Å². The van der Waals surface area contributed by atoms with Crippen molar-refractivity contribution in [1.82, 2.24) is 4.90 Å². The van der Waals surface area contributed by atoms with Gasteiger partial charge >= 0.3 is 0 Å². The first-order chi connectivity index (χ1) is 18.6. The van der Waals surface area contributed by atoms with Gasteiger partial charge in [0.25, 0.3) is 0 Å². The molecule has 204 valence electrons. The van der Waals surface area contributed by atoms with E-state index in [2.05, 4.69) is 5.32 Å². The second-order valence-corrected chi connectivity index (χ2v) is 12.0. The van der Waals surface area contributed by atoms with E-state index in [1.54, 1.807) is 36.4 Å². The molecule has 0 saturated carbocycles. The van der Waals surface area contributed by atoms with Crippen LogP contribution in [0.15, 0.2) is 65.7 Å². The van der Waals surface area contributed by atoms with Gasteiger partial charge in [-0.15, -0.1) is 0 Å². The summed E-state index contributed by atoms with van der Waals surface area (Å²) >= 11 is 6.18. The fourth-order valence-corrected chi connectivity index (χ4v) is 5.70. The molecule has 0 radical (unpaired) electrons. The van der Waals surface area contributed by atoms with E-state index in [1.165, 1.54) is 10.6 Å². The predicted octanol–water partition coefficient (Wildman–Crippen LogP) is 4.30. The highest BCUT2D eigenvalue weighted by molar-refractivity contribution is 7.92. The van der Waals surface area contributed by atoms with Crippen LogP contribution < -0.4 is 19.1 Å². The number of halogens is 1. The summed E-state index contributed by atoms with van der Waals surface area (Å²) < 4.78 is 37.8. The number of carbonyl (C=O) groups excluding carboxylic acids is 1. The lowest BCUT2D eigenvalue weighted by molar-refractivity contribution is -0.115. The number of nitrogens with one attached hydrogen (secondary N) is 1. The Balaban J connectivity index is 1.57. The van der Waals surface area contributed by atoms with E-state index >= 15 is 0 Å². The van der Waals surface area contributed by atoms with Crippen molar-refractivity contribution in [3.8, 4) is 11.5 Å². The number of ether oxygens (including phenoxy) is 2. The molecule has 3 aromatic carbocycles. The normalized spacial score (nSPS) is 16.7. The van der Waals surface area contributed by atoms with Crippen molar-refractivity contribution in [3.63, 3.8) is 0 Å². The number of anilines is 2. The van der Waals surface area contributed by atoms with Crippen molar-refractivity contribution < 1.29 is 22.7 Å². The van der Waals surface area contributed by atoms with Crippen LogP contribution in [-0.2, 0) is 14.8 Å². The van der Waals surface area contributed by atoms with E-state index in [1.807, 2.05) is 43.3 Å². The molecule has 0 fully saturated rings. The van der Waals surface area contributed by atoms with Crippen LogP contribution in [0.2, 0.25) is 5.02 Å². The largest absolute Gasteiger partial charge is 0.486 e. The number of benzene rings is 3. The Bertz CT molecular complexity index is 1540. The van der Waals surface area contributed by atoms with E-state index in [4.69, 9.17) is 26.1 Å². The van der Waals surface area contributed by atoms with E-state index in [0.717, 1.165) is 5.56 Å². The number of rotatable bonds is 8. The third kappa shape index (κ3) is 5.88. The zero-order valence-corrected chi connectivity index (χ0v) is 23.4. The standard InChI is InChI=1S/C28H29ClN4O5S/c1-32(2)12-13-33(39(3,35)36)21-8-6-20(7-9-21)30-27(18-4-11-24-25(16-18)38-15-14-37-24)26-22-10-5-19(29)17-23(22)31-28(26)34/h4-11,16-17,26H,12-15H2,1-3H3,(H,31,34). The summed E-state index contributed by atoms with van der Waals surface area (Å²) in [5.41, 5.74) is 3.74. The molecule has 1 atom stereocenters. The first-order valence-corrected chi connectivity index (χ1v) is 14.6. The van der Waals surface area contributed by atoms with Crippen LogP contribution >= 0.6 is 11.6 Å². The van der Waals surface area contributed by atoms with Crippen molar-refractivity contribution >= 4 is 50.3 Å². The molecule has 0 aromatic heterocycles. The van der Waals surface area contributed by atoms with Gasteiger partial charge in [0.1, 0.15) is 19.1 Å². The summed E-state index contributed by atoms with van der Waals surface area (Å²) in [5.74, 6) is 0.313. The Morgan fingerprint density at radius 1 is 1.00 bits per heavy atom. The van der Waals surface area contributed by atoms with Gasteiger partial charge in [-0.2, -0.15) is 0 Å². The summed E-state index contributed by atoms with van der Waals surface area (Å²) in [7, 11) is 0.306. The number of hydrogen-bond donors (Lipinski definition) is 1. The van der Waals surface area contributed by atoms with Gasteiger partial charge in [-0.3, -0.25) is 14.1 Å². The summed E-state index contributed by atoms with van der Waals surface area (Å²) in [6.07, 6.45) is 1.19. The Labute approximate surface area is 233 Å². The molecule has 1 N–H and O–H groups in total. The summed E-state index contributed by atoms with van der Waals surface area (Å²) in [4.78, 5) is 20.1. The van der Waals surface area contributed by atoms with Crippen LogP contribution in [0.1, 0.15) is 17.0 Å². The monoisotopic (exact) mass is 568 g/mol. The lowest BCUT2D eigenvalue weighted by atomic mass is 9.90. The SMILES string of the molecule is CN(C)CCN(c1ccc(N=C(c2ccc3c(c2)OCCO3)C2C(=O)Nc3cc(Cl)ccc32)cc1)S(C)(=O)=O. The van der Waals surface area contributed by atoms with E-state index in [9.17, 15) is 13.2 Å². The molecular formula is C28H29ClN4O5S. The van der Waals surface area contributed by atoms with Gasteiger partial charge in [0.05, 0.1) is 23.3 Å². The number of amides is 1. The molecule has 2 aliphatic heterocycles. The van der Waals surface area contributed by atoms with Crippen LogP contribution in [-0.4, -0.2) is 71.6 Å². The maximum atomic E-state index is 13.2. The first kappa shape index (κ1) is 27.0. The molecule has 5 rings (SSSR count). The van der Waals surface area contributed by atoms with Crippen LogP contribution in [0.3, 0.4) is 0 Å². The maximum absolute atomic E-state index is 13.2. The number of likely N-dealkylation sites (N-methyl/N-ethyl adjacent to an activating group) is 1. The van der Waals surface area contributed by atoms with Gasteiger partial charge in [0.15, 0.2) is 11.5 Å². The molecule has 0 bridgehead atoms. The first-order valence-electron chi connectivity index (χ1n) is 12.4. The van der Waals surface area contributed by atoms with Gasteiger partial charge < -0.3 is 19.7 Å². The molecule has 0 spiro atoms. The molecule has 1 amide bonds. The maximum Gasteiger partial charge on any atom is 0.238 e. The average molecular weight is 569 g/mol. The number of fused-ring (bicyclic) bond motifs is 2. The lowest BCUT2D eigenvalue weighted by Crippen LogP contribution is -2.35. The summed E-state index contributed by atoms with van der Waals surface area (Å²) in [5, 5.41) is 3.43. The Kier molecular flexibility index (Phi) is 7.53. The van der Waals surface area contributed by atoms with Crippen molar-refractivity contribution in [1.29, 1.82) is 0 Å². The molecule has 1 unspecified atom stereocenters. The van der Waals surface area contributed by atoms with Crippen LogP contribution in [0, 0.1) is 0 Å². The summed E-state index contributed by atoms with van der Waals surface area (Å²) in [6, 6.07) is 17.7. The quantitative estimate of drug-likeness (QED) is 0.407. The third-order valence-corrected chi connectivity index (χ3v) is 7.92. The smallest absolute Gasteiger partial charge is 0.238 e. The van der Waals surface area contributed by atoms with Gasteiger partial charge in [-0.1, -0.05) is 17.7 Å². The molecule has 9 nitrogen and oxygen atoms in total. The lowest BCUT2D eigenvalue weighted by Gasteiger charge is -2.24. The predicted molar refractivity (Wildman–Crippen MR) is 154 cm³/mol. The molecule has 0 aliphatic carbocycles. The van der Waals surface area contributed by atoms with E-state index < -0.39 is 15.9 Å². The minimum absolute atomic E-state index is 0.218. The number of hydrogen-bond acceptors (Lipinski definition) is 7. The Hall–Kier alpha value is -3.60. The minimum Gasteiger partial charge on any atom is -0.486 e. The number of sulfonamides is 1. The summed E-state index contributed by atoms with van der Waals surface area (Å²) in [6.45, 7) is 1.79. The second kappa shape index (κ2) is 10.9. The fourth-order valence-electron chi connectivity index (χ4n) is 4.61. The number of nitrogens with zero attached hydrogens (tertiary/aromatic N) is 3. The van der Waals surface area contributed by atoms with Gasteiger partial charge in [0, 0.05) is 29.4 Å². The Morgan fingerprint density at radius 3 is 2.41 bits per heavy atom. The fraction of sp³-hybridized carbons (Fsp3) is 0.286. The molecular weight excluding hydrogens is 540 g/mol. The zero-order chi connectivity index (χ0) is 27.7.